The van der Waals surface area contributed by atoms with Gasteiger partial charge >= 0.3 is 0 Å². The van der Waals surface area contributed by atoms with Crippen molar-refractivity contribution in [1.82, 2.24) is 0 Å². The Morgan fingerprint density at radius 1 is 1.03 bits per heavy atom. The number of benzene rings is 3. The van der Waals surface area contributed by atoms with Crippen molar-refractivity contribution in [3.05, 3.63) is 90.0 Å². The zero-order chi connectivity index (χ0) is 22.7. The molecule has 0 unspecified atom stereocenters. The average Bonchev–Trinajstić information content (AvgIpc) is 3.21. The standard InChI is InChI=1S/C25H24ClN3O2S/c1-28(2)20-12-14-21(15-13-20)29-22(30)16-32-25(29)18-8-10-19(11-9-18)27-24(31)23(26)17-6-4-3-5-7-17/h3-15,23,25H,16H2,1-2H3,(H,27,31)/t23-,25-/m1/s1. The first-order valence-corrected chi connectivity index (χ1v) is 11.7. The molecule has 164 valence electrons. The van der Waals surface area contributed by atoms with Crippen molar-refractivity contribution in [2.75, 3.05) is 35.0 Å². The molecule has 0 aromatic heterocycles. The topological polar surface area (TPSA) is 52.6 Å². The van der Waals surface area contributed by atoms with Gasteiger partial charge in [-0.15, -0.1) is 23.4 Å². The Hall–Kier alpha value is -2.96. The van der Waals surface area contributed by atoms with Crippen LogP contribution in [0, 0.1) is 0 Å². The molecule has 0 bridgehead atoms. The van der Waals surface area contributed by atoms with Crippen molar-refractivity contribution in [3.8, 4) is 0 Å². The van der Waals surface area contributed by atoms with E-state index < -0.39 is 5.38 Å². The highest BCUT2D eigenvalue weighted by Gasteiger charge is 2.34. The first-order valence-electron chi connectivity index (χ1n) is 10.2. The number of alkyl halides is 1. The van der Waals surface area contributed by atoms with Crippen molar-refractivity contribution in [2.24, 2.45) is 0 Å². The number of carbonyl (C=O) groups excluding carboxylic acids is 2. The van der Waals surface area contributed by atoms with Gasteiger partial charge in [0.25, 0.3) is 0 Å². The lowest BCUT2D eigenvalue weighted by Crippen LogP contribution is -2.27. The van der Waals surface area contributed by atoms with Crippen LogP contribution in [0.1, 0.15) is 21.9 Å². The maximum absolute atomic E-state index is 12.6. The zero-order valence-electron chi connectivity index (χ0n) is 17.9. The monoisotopic (exact) mass is 465 g/mol. The molecule has 1 fully saturated rings. The second-order valence-corrected chi connectivity index (χ2v) is 9.23. The third-order valence-electron chi connectivity index (χ3n) is 5.30. The first-order chi connectivity index (χ1) is 15.4. The predicted octanol–water partition coefficient (Wildman–Crippen LogP) is 5.45. The second-order valence-electron chi connectivity index (χ2n) is 7.72. The molecule has 0 aliphatic carbocycles. The Kier molecular flexibility index (Phi) is 6.72. The van der Waals surface area contributed by atoms with E-state index >= 15 is 0 Å². The van der Waals surface area contributed by atoms with Crippen LogP contribution in [0.15, 0.2) is 78.9 Å². The Morgan fingerprint density at radius 3 is 2.31 bits per heavy atom. The molecule has 1 saturated heterocycles. The van der Waals surface area contributed by atoms with Crippen molar-refractivity contribution in [2.45, 2.75) is 10.8 Å². The maximum Gasteiger partial charge on any atom is 0.246 e. The van der Waals surface area contributed by atoms with Gasteiger partial charge in [-0.1, -0.05) is 42.5 Å². The molecular formula is C25H24ClN3O2S. The van der Waals surface area contributed by atoms with Crippen molar-refractivity contribution in [3.63, 3.8) is 0 Å². The number of carbonyl (C=O) groups is 2. The third kappa shape index (κ3) is 4.76. The molecule has 1 N–H and O–H groups in total. The summed E-state index contributed by atoms with van der Waals surface area (Å²) in [6.45, 7) is 0. The summed E-state index contributed by atoms with van der Waals surface area (Å²) in [5.41, 5.74) is 4.37. The highest BCUT2D eigenvalue weighted by atomic mass is 35.5. The van der Waals surface area contributed by atoms with Crippen LogP contribution in [-0.4, -0.2) is 31.7 Å². The van der Waals surface area contributed by atoms with Crippen molar-refractivity contribution >= 4 is 52.2 Å². The molecule has 4 rings (SSSR count). The van der Waals surface area contributed by atoms with E-state index in [2.05, 4.69) is 5.32 Å². The van der Waals surface area contributed by atoms with Gasteiger partial charge in [-0.3, -0.25) is 14.5 Å². The van der Waals surface area contributed by atoms with E-state index in [1.807, 2.05) is 103 Å². The van der Waals surface area contributed by atoms with E-state index in [9.17, 15) is 9.59 Å². The van der Waals surface area contributed by atoms with E-state index in [0.717, 1.165) is 22.5 Å². The van der Waals surface area contributed by atoms with Crippen LogP contribution in [0.2, 0.25) is 0 Å². The summed E-state index contributed by atoms with van der Waals surface area (Å²) < 4.78 is 0. The fourth-order valence-electron chi connectivity index (χ4n) is 3.57. The Bertz CT molecular complexity index is 1090. The molecule has 3 aromatic carbocycles. The summed E-state index contributed by atoms with van der Waals surface area (Å²) in [6.07, 6.45) is 0. The lowest BCUT2D eigenvalue weighted by Gasteiger charge is -2.25. The molecule has 0 saturated carbocycles. The number of nitrogens with one attached hydrogen (secondary N) is 1. The number of amides is 2. The molecule has 2 atom stereocenters. The van der Waals surface area contributed by atoms with Gasteiger partial charge in [0, 0.05) is 31.2 Å². The van der Waals surface area contributed by atoms with E-state index in [-0.39, 0.29) is 17.2 Å². The maximum atomic E-state index is 12.6. The number of hydrogen-bond acceptors (Lipinski definition) is 4. The van der Waals surface area contributed by atoms with E-state index in [1.165, 1.54) is 0 Å². The predicted molar refractivity (Wildman–Crippen MR) is 134 cm³/mol. The Labute approximate surface area is 197 Å². The first kappa shape index (κ1) is 22.2. The molecule has 1 heterocycles. The van der Waals surface area contributed by atoms with Gasteiger partial charge < -0.3 is 10.2 Å². The van der Waals surface area contributed by atoms with Gasteiger partial charge in [-0.05, 0) is 47.5 Å². The van der Waals surface area contributed by atoms with Gasteiger partial charge in [0.2, 0.25) is 11.8 Å². The molecule has 7 heteroatoms. The lowest BCUT2D eigenvalue weighted by atomic mass is 10.1. The highest BCUT2D eigenvalue weighted by molar-refractivity contribution is 8.00. The molecule has 0 spiro atoms. The summed E-state index contributed by atoms with van der Waals surface area (Å²) in [4.78, 5) is 29.0. The van der Waals surface area contributed by atoms with Gasteiger partial charge in [0.1, 0.15) is 10.8 Å². The van der Waals surface area contributed by atoms with Crippen LogP contribution in [0.3, 0.4) is 0 Å². The molecule has 3 aromatic rings. The summed E-state index contributed by atoms with van der Waals surface area (Å²) in [5, 5.41) is 1.99. The van der Waals surface area contributed by atoms with E-state index in [4.69, 9.17) is 11.6 Å². The smallest absolute Gasteiger partial charge is 0.246 e. The Balaban J connectivity index is 1.48. The summed E-state index contributed by atoms with van der Waals surface area (Å²) in [6, 6.07) is 24.8. The summed E-state index contributed by atoms with van der Waals surface area (Å²) in [7, 11) is 3.97. The fraction of sp³-hybridized carbons (Fsp3) is 0.200. The van der Waals surface area contributed by atoms with Gasteiger partial charge in [0.05, 0.1) is 5.75 Å². The summed E-state index contributed by atoms with van der Waals surface area (Å²) >= 11 is 7.91. The van der Waals surface area contributed by atoms with Gasteiger partial charge in [-0.25, -0.2) is 0 Å². The SMILES string of the molecule is CN(C)c1ccc(N2C(=O)CS[C@@H]2c2ccc(NC(=O)[C@H](Cl)c3ccccc3)cc2)cc1. The van der Waals surface area contributed by atoms with Crippen LogP contribution >= 0.6 is 23.4 Å². The van der Waals surface area contributed by atoms with Gasteiger partial charge in [0.15, 0.2) is 0 Å². The summed E-state index contributed by atoms with van der Waals surface area (Å²) in [5.74, 6) is 0.241. The fourth-order valence-corrected chi connectivity index (χ4v) is 4.95. The number of halogens is 1. The lowest BCUT2D eigenvalue weighted by molar-refractivity contribution is -0.116. The van der Waals surface area contributed by atoms with Gasteiger partial charge in [-0.2, -0.15) is 0 Å². The van der Waals surface area contributed by atoms with Crippen LogP contribution in [0.25, 0.3) is 0 Å². The number of anilines is 3. The van der Waals surface area contributed by atoms with Crippen molar-refractivity contribution < 1.29 is 9.59 Å². The molecule has 2 amide bonds. The number of rotatable bonds is 6. The van der Waals surface area contributed by atoms with Crippen LogP contribution < -0.4 is 15.1 Å². The normalized spacial score (nSPS) is 16.7. The van der Waals surface area contributed by atoms with E-state index in [1.54, 1.807) is 11.8 Å². The number of thioether (sulfide) groups is 1. The molecular weight excluding hydrogens is 442 g/mol. The minimum atomic E-state index is -0.764. The Morgan fingerprint density at radius 2 is 1.69 bits per heavy atom. The van der Waals surface area contributed by atoms with Crippen LogP contribution in [-0.2, 0) is 9.59 Å². The minimum Gasteiger partial charge on any atom is -0.378 e. The number of nitrogens with zero attached hydrogens (tertiary/aromatic N) is 2. The quantitative estimate of drug-likeness (QED) is 0.492. The van der Waals surface area contributed by atoms with Crippen LogP contribution in [0.5, 0.6) is 0 Å². The molecule has 0 radical (unpaired) electrons. The highest BCUT2D eigenvalue weighted by Crippen LogP contribution is 2.42. The molecule has 1 aliphatic heterocycles. The zero-order valence-corrected chi connectivity index (χ0v) is 19.4. The third-order valence-corrected chi connectivity index (χ3v) is 6.96. The van der Waals surface area contributed by atoms with Crippen LogP contribution in [0.4, 0.5) is 17.1 Å². The second kappa shape index (κ2) is 9.67. The minimum absolute atomic E-state index is 0.0859. The molecule has 5 nitrogen and oxygen atoms in total. The molecule has 32 heavy (non-hydrogen) atoms. The average molecular weight is 466 g/mol. The number of hydrogen-bond donors (Lipinski definition) is 1. The largest absolute Gasteiger partial charge is 0.378 e. The molecule has 1 aliphatic rings. The van der Waals surface area contributed by atoms with Crippen molar-refractivity contribution in [1.29, 1.82) is 0 Å². The van der Waals surface area contributed by atoms with E-state index in [0.29, 0.717) is 11.4 Å².